The van der Waals surface area contributed by atoms with Crippen LogP contribution in [-0.4, -0.2) is 134 Å². The van der Waals surface area contributed by atoms with E-state index in [4.69, 9.17) is 6.57 Å². The average Bonchev–Trinajstić information content (AvgIpc) is 3.83. The molecule has 330 valence electrons. The molecule has 1 unspecified atom stereocenters. The van der Waals surface area contributed by atoms with Gasteiger partial charge < -0.3 is 29.8 Å². The molecular formula is C45H49F3N10O5. The molecule has 3 aromatic rings. The van der Waals surface area contributed by atoms with Gasteiger partial charge in [0.15, 0.2) is 5.69 Å². The maximum atomic E-state index is 13.5. The molecule has 2 atom stereocenters. The van der Waals surface area contributed by atoms with E-state index in [1.165, 1.54) is 12.1 Å². The van der Waals surface area contributed by atoms with Gasteiger partial charge in [-0.15, -0.1) is 0 Å². The molecule has 15 nitrogen and oxygen atoms in total. The van der Waals surface area contributed by atoms with Crippen LogP contribution in [0.1, 0.15) is 58.4 Å². The van der Waals surface area contributed by atoms with Crippen molar-refractivity contribution in [2.24, 2.45) is 17.8 Å². The molecular weight excluding hydrogens is 818 g/mol. The molecule has 6 aliphatic heterocycles. The normalized spacial score (nSPS) is 22.9. The average molecular weight is 867 g/mol. The number of fused-ring (bicyclic) bond motifs is 1. The number of hydrogen-bond acceptors (Lipinski definition) is 11. The molecule has 18 heteroatoms. The lowest BCUT2D eigenvalue weighted by molar-refractivity contribution is -0.137. The van der Waals surface area contributed by atoms with Crippen molar-refractivity contribution in [1.29, 1.82) is 0 Å². The van der Waals surface area contributed by atoms with E-state index in [2.05, 4.69) is 40.1 Å². The van der Waals surface area contributed by atoms with E-state index in [9.17, 15) is 37.1 Å². The minimum absolute atomic E-state index is 0.0858. The number of aromatic nitrogens is 1. The maximum Gasteiger partial charge on any atom is 0.407 e. The number of benzene rings is 2. The van der Waals surface area contributed by atoms with Gasteiger partial charge in [0, 0.05) is 108 Å². The third-order valence-electron chi connectivity index (χ3n) is 13.5. The number of hydrogen-bond donors (Lipinski definition) is 2. The lowest BCUT2D eigenvalue weighted by Crippen LogP contribution is -2.55. The number of halogens is 3. The SMILES string of the molecule is [C-]#[N+]c1ccc(N2CCC(C(=O)Nc3ccc(N4CC(CN5CCN(C[C@H]6CCN(c7ccc8c(c7)C(=O)N(C7CCC(=O)NC7=O)C8=O)C6)CC5)C4)cn3)CC2)cc1C(F)(F)F. The molecule has 63 heavy (non-hydrogen) atoms. The van der Waals surface area contributed by atoms with Crippen molar-refractivity contribution in [3.05, 3.63) is 82.8 Å². The van der Waals surface area contributed by atoms with Crippen LogP contribution in [0.25, 0.3) is 4.85 Å². The second-order valence-electron chi connectivity index (χ2n) is 17.6. The Morgan fingerprint density at radius 2 is 1.38 bits per heavy atom. The van der Waals surface area contributed by atoms with Gasteiger partial charge in [0.05, 0.1) is 35.1 Å². The summed E-state index contributed by atoms with van der Waals surface area (Å²) in [7, 11) is 0. The van der Waals surface area contributed by atoms with Gasteiger partial charge in [-0.3, -0.25) is 34.2 Å². The van der Waals surface area contributed by atoms with E-state index < -0.39 is 47.1 Å². The first-order valence-corrected chi connectivity index (χ1v) is 21.7. The van der Waals surface area contributed by atoms with E-state index in [-0.39, 0.29) is 24.7 Å². The summed E-state index contributed by atoms with van der Waals surface area (Å²) in [6.07, 6.45) is -0.600. The van der Waals surface area contributed by atoms with Crippen molar-refractivity contribution in [1.82, 2.24) is 25.0 Å². The minimum atomic E-state index is -4.62. The van der Waals surface area contributed by atoms with Crippen LogP contribution in [-0.2, 0) is 20.6 Å². The summed E-state index contributed by atoms with van der Waals surface area (Å²) in [6, 6.07) is 11.9. The van der Waals surface area contributed by atoms with Crippen LogP contribution in [0.15, 0.2) is 54.7 Å². The van der Waals surface area contributed by atoms with Crippen molar-refractivity contribution in [2.75, 3.05) is 98.6 Å². The Labute approximate surface area is 363 Å². The number of nitrogens with zero attached hydrogens (tertiary/aromatic N) is 8. The molecule has 9 rings (SSSR count). The van der Waals surface area contributed by atoms with Gasteiger partial charge in [-0.25, -0.2) is 9.83 Å². The standard InChI is InChI=1S/C45H49F3N10O5/c1-49-37-6-3-32(21-36(37)45(46,47)48)55-14-11-30(12-15-55)41(60)51-39-8-4-33(22-50-39)57-26-29(27-57)24-54-18-16-53(17-19-54)23-28-10-13-56(25-28)31-2-5-34-35(20-31)44(63)58(43(34)62)38-7-9-40(59)52-42(38)61/h2-6,8,20-22,28-30,38H,7,9-19,23-27H2,(H,50,51,60)(H,52,59,61)/t28-,38?/m1/s1. The number of anilines is 4. The van der Waals surface area contributed by atoms with E-state index >= 15 is 0 Å². The van der Waals surface area contributed by atoms with Crippen molar-refractivity contribution in [2.45, 2.75) is 44.3 Å². The lowest BCUT2D eigenvalue weighted by atomic mass is 9.95. The summed E-state index contributed by atoms with van der Waals surface area (Å²) in [4.78, 5) is 83.6. The number of nitrogens with one attached hydrogen (secondary N) is 2. The van der Waals surface area contributed by atoms with Crippen LogP contribution in [0, 0.1) is 24.3 Å². The number of piperidine rings is 2. The van der Waals surface area contributed by atoms with Crippen LogP contribution >= 0.6 is 0 Å². The molecule has 0 spiro atoms. The highest BCUT2D eigenvalue weighted by atomic mass is 19.4. The fourth-order valence-corrected chi connectivity index (χ4v) is 9.97. The number of alkyl halides is 3. The number of carbonyl (C=O) groups is 5. The van der Waals surface area contributed by atoms with Gasteiger partial charge in [-0.2, -0.15) is 13.2 Å². The van der Waals surface area contributed by atoms with Gasteiger partial charge in [0.2, 0.25) is 17.7 Å². The van der Waals surface area contributed by atoms with E-state index in [1.807, 2.05) is 23.1 Å². The van der Waals surface area contributed by atoms with Crippen LogP contribution in [0.3, 0.4) is 0 Å². The van der Waals surface area contributed by atoms with Gasteiger partial charge in [-0.1, -0.05) is 6.07 Å². The fraction of sp³-hybridized carbons (Fsp3) is 0.489. The number of imide groups is 2. The first-order valence-electron chi connectivity index (χ1n) is 21.7. The second-order valence-corrected chi connectivity index (χ2v) is 17.6. The Morgan fingerprint density at radius 3 is 2.05 bits per heavy atom. The number of rotatable bonds is 10. The molecule has 2 aromatic carbocycles. The third kappa shape index (κ3) is 8.81. The zero-order valence-corrected chi connectivity index (χ0v) is 34.8. The van der Waals surface area contributed by atoms with Crippen molar-refractivity contribution >= 4 is 58.1 Å². The monoisotopic (exact) mass is 866 g/mol. The quantitative estimate of drug-likeness (QED) is 0.220. The molecule has 0 aliphatic carbocycles. The Hall–Kier alpha value is -6.06. The van der Waals surface area contributed by atoms with E-state index in [1.54, 1.807) is 18.3 Å². The molecule has 7 heterocycles. The first-order chi connectivity index (χ1) is 30.3. The molecule has 1 aromatic heterocycles. The predicted octanol–water partition coefficient (Wildman–Crippen LogP) is 4.49. The highest BCUT2D eigenvalue weighted by Gasteiger charge is 2.45. The third-order valence-corrected chi connectivity index (χ3v) is 13.5. The number of pyridine rings is 1. The molecule has 5 saturated heterocycles. The smallest absolute Gasteiger partial charge is 0.372 e. The van der Waals surface area contributed by atoms with Crippen LogP contribution < -0.4 is 25.3 Å². The Morgan fingerprint density at radius 1 is 0.746 bits per heavy atom. The molecule has 2 N–H and O–H groups in total. The highest BCUT2D eigenvalue weighted by molar-refractivity contribution is 6.23. The van der Waals surface area contributed by atoms with Gasteiger partial charge in [-0.05, 0) is 74.1 Å². The molecule has 0 saturated carbocycles. The Kier molecular flexibility index (Phi) is 11.6. The van der Waals surface area contributed by atoms with Crippen molar-refractivity contribution < 1.29 is 37.1 Å². The number of amides is 5. The summed E-state index contributed by atoms with van der Waals surface area (Å²) in [5.41, 5.74) is 1.53. The largest absolute Gasteiger partial charge is 0.407 e. The molecule has 5 fully saturated rings. The zero-order valence-electron chi connectivity index (χ0n) is 34.8. The number of carbonyl (C=O) groups excluding carboxylic acids is 5. The van der Waals surface area contributed by atoms with Gasteiger partial charge in [0.1, 0.15) is 11.9 Å². The van der Waals surface area contributed by atoms with E-state index in [0.717, 1.165) is 94.2 Å². The van der Waals surface area contributed by atoms with Gasteiger partial charge >= 0.3 is 6.18 Å². The van der Waals surface area contributed by atoms with Gasteiger partial charge in [0.25, 0.3) is 11.8 Å². The minimum Gasteiger partial charge on any atom is -0.372 e. The van der Waals surface area contributed by atoms with Crippen LogP contribution in [0.5, 0.6) is 0 Å². The summed E-state index contributed by atoms with van der Waals surface area (Å²) >= 11 is 0. The first kappa shape index (κ1) is 42.3. The van der Waals surface area contributed by atoms with E-state index in [0.29, 0.717) is 60.4 Å². The topological polar surface area (TPSA) is 146 Å². The fourth-order valence-electron chi connectivity index (χ4n) is 9.97. The summed E-state index contributed by atoms with van der Waals surface area (Å²) in [5, 5.41) is 5.15. The summed E-state index contributed by atoms with van der Waals surface area (Å²) < 4.78 is 40.4. The Bertz CT molecular complexity index is 2330. The predicted molar refractivity (Wildman–Crippen MR) is 228 cm³/mol. The van der Waals surface area contributed by atoms with Crippen LogP contribution in [0.2, 0.25) is 0 Å². The second kappa shape index (κ2) is 17.2. The molecule has 0 radical (unpaired) electrons. The van der Waals surface area contributed by atoms with Crippen molar-refractivity contribution in [3.8, 4) is 0 Å². The van der Waals surface area contributed by atoms with Crippen LogP contribution in [0.4, 0.5) is 41.7 Å². The molecule has 5 amide bonds. The molecule has 6 aliphatic rings. The summed E-state index contributed by atoms with van der Waals surface area (Å²) in [6.45, 7) is 17.6. The Balaban J connectivity index is 0.673. The molecule has 0 bridgehead atoms. The zero-order chi connectivity index (χ0) is 44.0. The highest BCUT2D eigenvalue weighted by Crippen LogP contribution is 2.40. The maximum absolute atomic E-state index is 13.5. The number of piperazine rings is 1. The van der Waals surface area contributed by atoms with Crippen molar-refractivity contribution in [3.63, 3.8) is 0 Å². The lowest BCUT2D eigenvalue weighted by Gasteiger charge is -2.44. The summed E-state index contributed by atoms with van der Waals surface area (Å²) in [5.74, 6) is -0.922.